The molecule has 0 saturated heterocycles. The lowest BCUT2D eigenvalue weighted by molar-refractivity contribution is -0.118. The molecule has 12 heteroatoms. The maximum atomic E-state index is 12.9. The Balaban J connectivity index is 1.28. The smallest absolute Gasteiger partial charge is 0.272 e. The van der Waals surface area contributed by atoms with Gasteiger partial charge in [-0.2, -0.15) is 0 Å². The molecule has 0 unspecified atom stereocenters. The number of H-pyrrole nitrogens is 1. The van der Waals surface area contributed by atoms with Crippen molar-refractivity contribution in [3.05, 3.63) is 71.4 Å². The lowest BCUT2D eigenvalue weighted by Crippen LogP contribution is -2.26. The molecular formula is C24H21N7O5. The highest BCUT2D eigenvalue weighted by Gasteiger charge is 2.20. The predicted molar refractivity (Wildman–Crippen MR) is 128 cm³/mol. The van der Waals surface area contributed by atoms with Crippen LogP contribution in [0.15, 0.2) is 49.1 Å². The molecule has 182 valence electrons. The number of nitrogens with zero attached hydrogens (tertiary/aromatic N) is 3. The van der Waals surface area contributed by atoms with E-state index in [2.05, 4.69) is 35.9 Å². The number of pyridine rings is 1. The standard InChI is InChI=1S/C24H21N7O5/c1-35-19-7-14(4-5-25-19)9-27-23(33)15-10-26-21-20(15)29-12-30-22(21)24(34)28-8-13-2-3-17-16(6-13)31-18(32)11-36-17/h2-7,10,12,26H,8-9,11H2,1H3,(H,27,33)(H,28,34)(H,31,32). The summed E-state index contributed by atoms with van der Waals surface area (Å²) in [4.78, 5) is 52.5. The Morgan fingerprint density at radius 2 is 1.86 bits per heavy atom. The number of hydrogen-bond acceptors (Lipinski definition) is 8. The van der Waals surface area contributed by atoms with Crippen molar-refractivity contribution in [2.24, 2.45) is 0 Å². The number of amides is 3. The van der Waals surface area contributed by atoms with Crippen LogP contribution in [-0.4, -0.2) is 51.4 Å². The molecule has 5 rings (SSSR count). The van der Waals surface area contributed by atoms with E-state index in [1.54, 1.807) is 36.5 Å². The van der Waals surface area contributed by atoms with Crippen LogP contribution in [0.5, 0.6) is 11.6 Å². The van der Waals surface area contributed by atoms with Crippen molar-refractivity contribution in [1.82, 2.24) is 30.6 Å². The fraction of sp³-hybridized carbons (Fsp3) is 0.167. The van der Waals surface area contributed by atoms with Crippen LogP contribution in [0.1, 0.15) is 32.0 Å². The first kappa shape index (κ1) is 22.8. The minimum Gasteiger partial charge on any atom is -0.482 e. The van der Waals surface area contributed by atoms with Crippen LogP contribution in [0.3, 0.4) is 0 Å². The minimum absolute atomic E-state index is 0.0264. The molecule has 1 aromatic carbocycles. The van der Waals surface area contributed by atoms with Gasteiger partial charge in [0.1, 0.15) is 17.6 Å². The first-order chi connectivity index (χ1) is 17.5. The number of rotatable bonds is 7. The fourth-order valence-electron chi connectivity index (χ4n) is 3.74. The second-order valence-corrected chi connectivity index (χ2v) is 7.89. The summed E-state index contributed by atoms with van der Waals surface area (Å²) in [6.07, 6.45) is 4.32. The summed E-state index contributed by atoms with van der Waals surface area (Å²) in [7, 11) is 1.52. The number of anilines is 1. The first-order valence-corrected chi connectivity index (χ1v) is 10.9. The number of nitrogens with one attached hydrogen (secondary N) is 4. The zero-order chi connectivity index (χ0) is 25.1. The summed E-state index contributed by atoms with van der Waals surface area (Å²) >= 11 is 0. The molecule has 0 bridgehead atoms. The van der Waals surface area contributed by atoms with E-state index in [1.807, 2.05) is 0 Å². The van der Waals surface area contributed by atoms with Gasteiger partial charge in [0.05, 0.1) is 23.9 Å². The van der Waals surface area contributed by atoms with Gasteiger partial charge in [-0.15, -0.1) is 0 Å². The molecule has 0 aliphatic carbocycles. The van der Waals surface area contributed by atoms with Gasteiger partial charge in [-0.25, -0.2) is 15.0 Å². The van der Waals surface area contributed by atoms with E-state index in [9.17, 15) is 14.4 Å². The largest absolute Gasteiger partial charge is 0.482 e. The van der Waals surface area contributed by atoms with E-state index < -0.39 is 5.91 Å². The normalized spacial score (nSPS) is 12.3. The van der Waals surface area contributed by atoms with Crippen LogP contribution in [0.4, 0.5) is 5.69 Å². The van der Waals surface area contributed by atoms with Gasteiger partial charge in [0.2, 0.25) is 5.88 Å². The van der Waals surface area contributed by atoms with Gasteiger partial charge in [0.25, 0.3) is 17.7 Å². The Morgan fingerprint density at radius 3 is 2.69 bits per heavy atom. The topological polar surface area (TPSA) is 160 Å². The number of ether oxygens (including phenoxy) is 2. The molecule has 4 N–H and O–H groups in total. The number of fused-ring (bicyclic) bond motifs is 2. The summed E-state index contributed by atoms with van der Waals surface area (Å²) in [5.41, 5.74) is 3.19. The highest BCUT2D eigenvalue weighted by Crippen LogP contribution is 2.28. The maximum Gasteiger partial charge on any atom is 0.272 e. The van der Waals surface area contributed by atoms with Crippen molar-refractivity contribution in [3.8, 4) is 11.6 Å². The van der Waals surface area contributed by atoms with E-state index in [0.717, 1.165) is 11.1 Å². The van der Waals surface area contributed by atoms with E-state index in [1.165, 1.54) is 19.6 Å². The number of methoxy groups -OCH3 is 1. The predicted octanol–water partition coefficient (Wildman–Crippen LogP) is 1.55. The van der Waals surface area contributed by atoms with E-state index in [0.29, 0.717) is 28.4 Å². The number of hydrogen-bond donors (Lipinski definition) is 4. The Labute approximate surface area is 204 Å². The van der Waals surface area contributed by atoms with Crippen LogP contribution in [0.25, 0.3) is 11.0 Å². The van der Waals surface area contributed by atoms with Gasteiger partial charge in [0, 0.05) is 31.5 Å². The molecule has 0 fully saturated rings. The molecule has 36 heavy (non-hydrogen) atoms. The SMILES string of the molecule is COc1cc(CNC(=O)c2c[nH]c3c(C(=O)NCc4ccc5c(c4)NC(=O)CO5)ncnc23)ccn1. The molecule has 1 aliphatic heterocycles. The lowest BCUT2D eigenvalue weighted by Gasteiger charge is -2.18. The Kier molecular flexibility index (Phi) is 6.14. The van der Waals surface area contributed by atoms with Crippen LogP contribution in [-0.2, 0) is 17.9 Å². The van der Waals surface area contributed by atoms with Crippen molar-refractivity contribution >= 4 is 34.4 Å². The zero-order valence-electron chi connectivity index (χ0n) is 19.1. The summed E-state index contributed by atoms with van der Waals surface area (Å²) in [6.45, 7) is 0.424. The Hall–Kier alpha value is -5.00. The average Bonchev–Trinajstić information content (AvgIpc) is 3.34. The van der Waals surface area contributed by atoms with Crippen molar-refractivity contribution < 1.29 is 23.9 Å². The molecule has 4 aromatic rings. The van der Waals surface area contributed by atoms with Gasteiger partial charge in [-0.3, -0.25) is 14.4 Å². The molecule has 4 heterocycles. The van der Waals surface area contributed by atoms with Crippen LogP contribution in [0, 0.1) is 0 Å². The highest BCUT2D eigenvalue weighted by molar-refractivity contribution is 6.10. The van der Waals surface area contributed by atoms with Crippen LogP contribution < -0.4 is 25.4 Å². The van der Waals surface area contributed by atoms with Gasteiger partial charge < -0.3 is 30.4 Å². The second-order valence-electron chi connectivity index (χ2n) is 7.89. The third kappa shape index (κ3) is 4.64. The number of carbonyl (C=O) groups excluding carboxylic acids is 3. The molecule has 1 aliphatic rings. The molecular weight excluding hydrogens is 466 g/mol. The zero-order valence-corrected chi connectivity index (χ0v) is 19.1. The highest BCUT2D eigenvalue weighted by atomic mass is 16.5. The molecule has 0 spiro atoms. The van der Waals surface area contributed by atoms with E-state index in [4.69, 9.17) is 9.47 Å². The quantitative estimate of drug-likeness (QED) is 0.305. The monoisotopic (exact) mass is 487 g/mol. The van der Waals surface area contributed by atoms with Gasteiger partial charge in [-0.1, -0.05) is 6.07 Å². The average molecular weight is 487 g/mol. The number of aromatic amines is 1. The third-order valence-electron chi connectivity index (χ3n) is 5.51. The Morgan fingerprint density at radius 1 is 1.06 bits per heavy atom. The van der Waals surface area contributed by atoms with Gasteiger partial charge in [-0.05, 0) is 29.3 Å². The summed E-state index contributed by atoms with van der Waals surface area (Å²) in [5, 5.41) is 8.36. The van der Waals surface area contributed by atoms with Gasteiger partial charge >= 0.3 is 0 Å². The van der Waals surface area contributed by atoms with Crippen LogP contribution in [0.2, 0.25) is 0 Å². The van der Waals surface area contributed by atoms with Crippen molar-refractivity contribution in [1.29, 1.82) is 0 Å². The summed E-state index contributed by atoms with van der Waals surface area (Å²) < 4.78 is 10.4. The van der Waals surface area contributed by atoms with Crippen LogP contribution >= 0.6 is 0 Å². The number of benzene rings is 1. The van der Waals surface area contributed by atoms with E-state index >= 15 is 0 Å². The molecule has 12 nitrogen and oxygen atoms in total. The molecule has 3 amide bonds. The number of aromatic nitrogens is 4. The molecule has 0 radical (unpaired) electrons. The van der Waals surface area contributed by atoms with Crippen molar-refractivity contribution in [3.63, 3.8) is 0 Å². The van der Waals surface area contributed by atoms with Gasteiger partial charge in [0.15, 0.2) is 12.3 Å². The second kappa shape index (κ2) is 9.70. The maximum absolute atomic E-state index is 12.9. The first-order valence-electron chi connectivity index (χ1n) is 10.9. The molecule has 0 saturated carbocycles. The minimum atomic E-state index is -0.446. The van der Waals surface area contributed by atoms with Crippen molar-refractivity contribution in [2.45, 2.75) is 13.1 Å². The third-order valence-corrected chi connectivity index (χ3v) is 5.51. The summed E-state index contributed by atoms with van der Waals surface area (Å²) in [6, 6.07) is 8.76. The van der Waals surface area contributed by atoms with Crippen molar-refractivity contribution in [2.75, 3.05) is 19.0 Å². The molecule has 0 atom stereocenters. The number of carbonyl (C=O) groups is 3. The lowest BCUT2D eigenvalue weighted by atomic mass is 10.1. The summed E-state index contributed by atoms with van der Waals surface area (Å²) in [5.74, 6) is -0.0224. The fourth-order valence-corrected chi connectivity index (χ4v) is 3.74. The Bertz CT molecular complexity index is 1480. The molecule has 3 aromatic heterocycles. The van der Waals surface area contributed by atoms with E-state index in [-0.39, 0.29) is 42.8 Å².